The van der Waals surface area contributed by atoms with Crippen molar-refractivity contribution in [3.8, 4) is 11.5 Å². The van der Waals surface area contributed by atoms with Gasteiger partial charge in [-0.15, -0.1) is 0 Å². The van der Waals surface area contributed by atoms with E-state index >= 15 is 0 Å². The number of aliphatic hydroxyl groups is 1. The summed E-state index contributed by atoms with van der Waals surface area (Å²) < 4.78 is 17.3. The van der Waals surface area contributed by atoms with Gasteiger partial charge in [0.15, 0.2) is 0 Å². The number of amides is 1. The standard InChI is InChI=1S/C32H40N2O6/c1-21(2)10-15-39-26-7-4-6-23(20-26)29-28(30(35)24-8-9-27-25(19-24)18-22(3)40-27)31(36)32(37)34(29)12-5-11-33-13-16-38-17-14-33/h4,6-9,19-22,29,35H,5,10-18H2,1-3H3/t22-,29-/m1/s1. The Balaban J connectivity index is 1.47. The maximum atomic E-state index is 13.5. The van der Waals surface area contributed by atoms with E-state index in [1.807, 2.05) is 43.3 Å². The van der Waals surface area contributed by atoms with Crippen molar-refractivity contribution < 1.29 is 28.9 Å². The van der Waals surface area contributed by atoms with Crippen molar-refractivity contribution in [2.24, 2.45) is 5.92 Å². The lowest BCUT2D eigenvalue weighted by Gasteiger charge is -2.29. The number of morpholine rings is 1. The lowest BCUT2D eigenvalue weighted by molar-refractivity contribution is -0.140. The highest BCUT2D eigenvalue weighted by atomic mass is 16.5. The van der Waals surface area contributed by atoms with Crippen molar-refractivity contribution in [1.82, 2.24) is 9.80 Å². The Morgan fingerprint density at radius 1 is 1.10 bits per heavy atom. The first kappa shape index (κ1) is 28.2. The van der Waals surface area contributed by atoms with E-state index in [2.05, 4.69) is 18.7 Å². The smallest absolute Gasteiger partial charge is 0.295 e. The van der Waals surface area contributed by atoms with Gasteiger partial charge in [0, 0.05) is 38.2 Å². The monoisotopic (exact) mass is 548 g/mol. The van der Waals surface area contributed by atoms with E-state index < -0.39 is 17.7 Å². The predicted octanol–water partition coefficient (Wildman–Crippen LogP) is 4.58. The lowest BCUT2D eigenvalue weighted by Crippen LogP contribution is -2.38. The Morgan fingerprint density at radius 2 is 1.90 bits per heavy atom. The molecule has 0 aromatic heterocycles. The van der Waals surface area contributed by atoms with E-state index in [0.29, 0.717) is 50.0 Å². The summed E-state index contributed by atoms with van der Waals surface area (Å²) in [5, 5.41) is 11.5. The summed E-state index contributed by atoms with van der Waals surface area (Å²) in [5.74, 6) is 0.578. The zero-order valence-electron chi connectivity index (χ0n) is 23.7. The van der Waals surface area contributed by atoms with Gasteiger partial charge in [-0.1, -0.05) is 26.0 Å². The second-order valence-corrected chi connectivity index (χ2v) is 11.4. The number of ketones is 1. The molecule has 2 saturated heterocycles. The topological polar surface area (TPSA) is 88.5 Å². The van der Waals surface area contributed by atoms with Gasteiger partial charge in [0.05, 0.1) is 31.4 Å². The number of hydrogen-bond donors (Lipinski definition) is 1. The number of Topliss-reactive ketones (excluding diaryl/α,β-unsaturated/α-hetero) is 1. The third-order valence-electron chi connectivity index (χ3n) is 7.82. The SMILES string of the molecule is CC(C)CCOc1cccc([C@@H]2C(=C(O)c3ccc4c(c3)C[C@@H](C)O4)C(=O)C(=O)N2CCCN2CCOCC2)c1. The molecule has 3 heterocycles. The number of rotatable bonds is 10. The van der Waals surface area contributed by atoms with Crippen molar-refractivity contribution in [2.45, 2.75) is 52.2 Å². The molecule has 3 aliphatic rings. The molecule has 2 aromatic rings. The summed E-state index contributed by atoms with van der Waals surface area (Å²) in [6, 6.07) is 12.3. The summed E-state index contributed by atoms with van der Waals surface area (Å²) in [5.41, 5.74) is 2.35. The maximum absolute atomic E-state index is 13.5. The minimum absolute atomic E-state index is 0.0582. The minimum Gasteiger partial charge on any atom is -0.507 e. The zero-order valence-corrected chi connectivity index (χ0v) is 23.7. The number of likely N-dealkylation sites (tertiary alicyclic amines) is 1. The fraction of sp³-hybridized carbons (Fsp3) is 0.500. The fourth-order valence-corrected chi connectivity index (χ4v) is 5.66. The van der Waals surface area contributed by atoms with Crippen LogP contribution in [0, 0.1) is 5.92 Å². The first-order valence-electron chi connectivity index (χ1n) is 14.4. The first-order valence-corrected chi connectivity index (χ1v) is 14.4. The van der Waals surface area contributed by atoms with Crippen LogP contribution in [0.5, 0.6) is 11.5 Å². The predicted molar refractivity (Wildman–Crippen MR) is 153 cm³/mol. The van der Waals surface area contributed by atoms with Crippen molar-refractivity contribution >= 4 is 17.4 Å². The molecule has 1 amide bonds. The Hall–Kier alpha value is -3.36. The molecule has 2 fully saturated rings. The van der Waals surface area contributed by atoms with Gasteiger partial charge in [-0.05, 0) is 67.1 Å². The van der Waals surface area contributed by atoms with Crippen molar-refractivity contribution in [3.05, 3.63) is 64.7 Å². The summed E-state index contributed by atoms with van der Waals surface area (Å²) in [6.07, 6.45) is 2.42. The van der Waals surface area contributed by atoms with Gasteiger partial charge in [-0.3, -0.25) is 14.5 Å². The van der Waals surface area contributed by atoms with Gasteiger partial charge in [0.1, 0.15) is 23.4 Å². The van der Waals surface area contributed by atoms with Crippen LogP contribution in [0.15, 0.2) is 48.0 Å². The third-order valence-corrected chi connectivity index (χ3v) is 7.82. The Bertz CT molecular complexity index is 1270. The molecule has 0 aliphatic carbocycles. The molecule has 2 aromatic carbocycles. The molecule has 214 valence electrons. The van der Waals surface area contributed by atoms with Crippen LogP contribution < -0.4 is 9.47 Å². The molecule has 3 aliphatic heterocycles. The summed E-state index contributed by atoms with van der Waals surface area (Å²) in [4.78, 5) is 30.9. The highest BCUT2D eigenvalue weighted by Gasteiger charge is 2.46. The van der Waals surface area contributed by atoms with Gasteiger partial charge in [-0.2, -0.15) is 0 Å². The third kappa shape index (κ3) is 6.18. The molecule has 8 nitrogen and oxygen atoms in total. The molecule has 0 radical (unpaired) electrons. The van der Waals surface area contributed by atoms with Crippen molar-refractivity contribution in [3.63, 3.8) is 0 Å². The summed E-state index contributed by atoms with van der Waals surface area (Å²) in [7, 11) is 0. The van der Waals surface area contributed by atoms with Crippen LogP contribution in [0.4, 0.5) is 0 Å². The molecule has 5 rings (SSSR count). The molecule has 2 atom stereocenters. The lowest BCUT2D eigenvalue weighted by atomic mass is 9.94. The Kier molecular flexibility index (Phi) is 8.76. The summed E-state index contributed by atoms with van der Waals surface area (Å²) >= 11 is 0. The van der Waals surface area contributed by atoms with Crippen LogP contribution in [-0.2, 0) is 20.7 Å². The highest BCUT2D eigenvalue weighted by molar-refractivity contribution is 6.46. The van der Waals surface area contributed by atoms with E-state index in [4.69, 9.17) is 14.2 Å². The molecule has 8 heteroatoms. The average molecular weight is 549 g/mol. The molecular formula is C32H40N2O6. The molecule has 0 saturated carbocycles. The first-order chi connectivity index (χ1) is 19.3. The van der Waals surface area contributed by atoms with E-state index in [1.54, 1.807) is 11.0 Å². The number of fused-ring (bicyclic) bond motifs is 1. The van der Waals surface area contributed by atoms with Crippen molar-refractivity contribution in [2.75, 3.05) is 46.0 Å². The molecular weight excluding hydrogens is 508 g/mol. The average Bonchev–Trinajstić information content (AvgIpc) is 3.44. The number of nitrogens with zero attached hydrogens (tertiary/aromatic N) is 2. The number of ether oxygens (including phenoxy) is 3. The number of aliphatic hydroxyl groups excluding tert-OH is 1. The number of benzene rings is 2. The van der Waals surface area contributed by atoms with Gasteiger partial charge in [0.2, 0.25) is 0 Å². The van der Waals surface area contributed by atoms with Crippen LogP contribution in [0.1, 0.15) is 56.3 Å². The normalized spacial score (nSPS) is 22.6. The quantitative estimate of drug-likeness (QED) is 0.264. The number of hydrogen-bond acceptors (Lipinski definition) is 7. The Morgan fingerprint density at radius 3 is 2.67 bits per heavy atom. The van der Waals surface area contributed by atoms with Crippen LogP contribution in [0.2, 0.25) is 0 Å². The maximum Gasteiger partial charge on any atom is 0.295 e. The zero-order chi connectivity index (χ0) is 28.2. The van der Waals surface area contributed by atoms with Crippen molar-refractivity contribution in [1.29, 1.82) is 0 Å². The van der Waals surface area contributed by atoms with Crippen LogP contribution in [0.25, 0.3) is 5.76 Å². The largest absolute Gasteiger partial charge is 0.507 e. The Labute approximate surface area is 236 Å². The number of carbonyl (C=O) groups excluding carboxylic acids is 2. The molecule has 0 spiro atoms. The van der Waals surface area contributed by atoms with Crippen LogP contribution >= 0.6 is 0 Å². The fourth-order valence-electron chi connectivity index (χ4n) is 5.66. The van der Waals surface area contributed by atoms with Gasteiger partial charge in [0.25, 0.3) is 11.7 Å². The van der Waals surface area contributed by atoms with Crippen LogP contribution in [-0.4, -0.2) is 78.7 Å². The second-order valence-electron chi connectivity index (χ2n) is 11.4. The molecule has 1 N–H and O–H groups in total. The van der Waals surface area contributed by atoms with Crippen LogP contribution in [0.3, 0.4) is 0 Å². The van der Waals surface area contributed by atoms with Gasteiger partial charge < -0.3 is 24.2 Å². The van der Waals surface area contributed by atoms with Gasteiger partial charge in [-0.25, -0.2) is 0 Å². The molecule has 0 unspecified atom stereocenters. The molecule has 0 bridgehead atoms. The minimum atomic E-state index is -0.707. The summed E-state index contributed by atoms with van der Waals surface area (Å²) in [6.45, 7) is 11.2. The van der Waals surface area contributed by atoms with E-state index in [1.165, 1.54) is 0 Å². The van der Waals surface area contributed by atoms with E-state index in [9.17, 15) is 14.7 Å². The number of carbonyl (C=O) groups is 2. The molecule has 40 heavy (non-hydrogen) atoms. The highest BCUT2D eigenvalue weighted by Crippen LogP contribution is 2.41. The van der Waals surface area contributed by atoms with E-state index in [0.717, 1.165) is 49.4 Å². The second kappa shape index (κ2) is 12.4. The van der Waals surface area contributed by atoms with E-state index in [-0.39, 0.29) is 17.4 Å². The van der Waals surface area contributed by atoms with Gasteiger partial charge >= 0.3 is 0 Å².